The van der Waals surface area contributed by atoms with Gasteiger partial charge in [-0.25, -0.2) is 0 Å². The van der Waals surface area contributed by atoms with Gasteiger partial charge < -0.3 is 10.1 Å². The van der Waals surface area contributed by atoms with Crippen LogP contribution in [0.15, 0.2) is 12.4 Å². The fourth-order valence-corrected chi connectivity index (χ4v) is 2.54. The average molecular weight is 266 g/mol. The fourth-order valence-electron chi connectivity index (χ4n) is 2.54. The van der Waals surface area contributed by atoms with Crippen molar-refractivity contribution < 1.29 is 9.53 Å². The molecule has 1 N–H and O–H groups in total. The van der Waals surface area contributed by atoms with Gasteiger partial charge in [0.1, 0.15) is 0 Å². The second-order valence-electron chi connectivity index (χ2n) is 4.92. The molecule has 1 atom stereocenters. The average Bonchev–Trinajstić information content (AvgIpc) is 2.98. The van der Waals surface area contributed by atoms with E-state index in [-0.39, 0.29) is 5.91 Å². The Bertz CT molecular complexity index is 419. The van der Waals surface area contributed by atoms with Crippen molar-refractivity contribution in [3.05, 3.63) is 18.0 Å². The van der Waals surface area contributed by atoms with Crippen LogP contribution in [0.25, 0.3) is 0 Å². The first-order valence-electron chi connectivity index (χ1n) is 6.69. The van der Waals surface area contributed by atoms with Crippen LogP contribution in [-0.4, -0.2) is 53.9 Å². The molecule has 1 aromatic heterocycles. The Balaban J connectivity index is 1.87. The third kappa shape index (κ3) is 3.78. The third-order valence-electron chi connectivity index (χ3n) is 3.45. The van der Waals surface area contributed by atoms with E-state index < -0.39 is 0 Å². The van der Waals surface area contributed by atoms with Gasteiger partial charge in [0.05, 0.1) is 19.3 Å². The monoisotopic (exact) mass is 266 g/mol. The van der Waals surface area contributed by atoms with Gasteiger partial charge >= 0.3 is 0 Å². The van der Waals surface area contributed by atoms with Crippen molar-refractivity contribution in [2.24, 2.45) is 7.05 Å². The Morgan fingerprint density at radius 2 is 2.47 bits per heavy atom. The Morgan fingerprint density at radius 1 is 1.63 bits per heavy atom. The number of rotatable bonds is 6. The summed E-state index contributed by atoms with van der Waals surface area (Å²) in [6.07, 6.45) is 6.15. The topological polar surface area (TPSA) is 59.4 Å². The Kier molecular flexibility index (Phi) is 4.93. The molecule has 0 saturated carbocycles. The van der Waals surface area contributed by atoms with E-state index in [4.69, 9.17) is 4.74 Å². The van der Waals surface area contributed by atoms with Gasteiger partial charge in [0.2, 0.25) is 5.91 Å². The first-order chi connectivity index (χ1) is 9.20. The smallest absolute Gasteiger partial charge is 0.234 e. The number of aryl methyl sites for hydroxylation is 1. The van der Waals surface area contributed by atoms with Crippen LogP contribution >= 0.6 is 0 Å². The predicted octanol–water partition coefficient (Wildman–Crippen LogP) is 0.320. The summed E-state index contributed by atoms with van der Waals surface area (Å²) in [6.45, 7) is 2.54. The summed E-state index contributed by atoms with van der Waals surface area (Å²) in [4.78, 5) is 14.0. The van der Waals surface area contributed by atoms with Crippen molar-refractivity contribution in [3.8, 4) is 0 Å². The van der Waals surface area contributed by atoms with E-state index in [2.05, 4.69) is 15.3 Å². The highest BCUT2D eigenvalue weighted by atomic mass is 16.5. The highest BCUT2D eigenvalue weighted by molar-refractivity contribution is 5.78. The largest absolute Gasteiger partial charge is 0.383 e. The Hall–Kier alpha value is -1.40. The van der Waals surface area contributed by atoms with Crippen molar-refractivity contribution in [2.75, 3.05) is 33.4 Å². The molecule has 1 aromatic rings. The van der Waals surface area contributed by atoms with E-state index in [0.717, 1.165) is 19.4 Å². The lowest BCUT2D eigenvalue weighted by Crippen LogP contribution is -2.38. The van der Waals surface area contributed by atoms with Crippen LogP contribution in [0.2, 0.25) is 0 Å². The van der Waals surface area contributed by atoms with Crippen LogP contribution in [-0.2, 0) is 16.6 Å². The highest BCUT2D eigenvalue weighted by Crippen LogP contribution is 2.30. The number of carbonyl (C=O) groups is 1. The standard InChI is InChI=1S/C13H22N4O2/c1-16-9-11(8-15-16)12-4-3-6-17(12)10-13(18)14-5-7-19-2/h8-9,12H,3-7,10H2,1-2H3,(H,14,18)/t12-/m0/s1. The van der Waals surface area contributed by atoms with E-state index >= 15 is 0 Å². The van der Waals surface area contributed by atoms with E-state index in [1.807, 2.05) is 24.1 Å². The lowest BCUT2D eigenvalue weighted by molar-refractivity contribution is -0.122. The SMILES string of the molecule is COCCNC(=O)CN1CCC[C@H]1c1cnn(C)c1. The molecular formula is C13H22N4O2. The maximum Gasteiger partial charge on any atom is 0.234 e. The molecule has 6 nitrogen and oxygen atoms in total. The number of hydrogen-bond acceptors (Lipinski definition) is 4. The molecule has 0 unspecified atom stereocenters. The predicted molar refractivity (Wildman–Crippen MR) is 71.6 cm³/mol. The van der Waals surface area contributed by atoms with Gasteiger partial charge in [0, 0.05) is 38.5 Å². The molecule has 0 aliphatic carbocycles. The minimum absolute atomic E-state index is 0.0628. The first-order valence-corrected chi connectivity index (χ1v) is 6.69. The molecule has 106 valence electrons. The van der Waals surface area contributed by atoms with Crippen LogP contribution in [0.4, 0.5) is 0 Å². The second-order valence-corrected chi connectivity index (χ2v) is 4.92. The quantitative estimate of drug-likeness (QED) is 0.753. The molecule has 0 spiro atoms. The molecule has 19 heavy (non-hydrogen) atoms. The van der Waals surface area contributed by atoms with Crippen LogP contribution in [0.1, 0.15) is 24.4 Å². The number of ether oxygens (including phenoxy) is 1. The molecule has 1 amide bonds. The van der Waals surface area contributed by atoms with Crippen molar-refractivity contribution >= 4 is 5.91 Å². The van der Waals surface area contributed by atoms with Crippen molar-refractivity contribution in [2.45, 2.75) is 18.9 Å². The summed E-state index contributed by atoms with van der Waals surface area (Å²) < 4.78 is 6.73. The van der Waals surface area contributed by atoms with E-state index in [1.165, 1.54) is 5.56 Å². The fraction of sp³-hybridized carbons (Fsp3) is 0.692. The molecule has 1 fully saturated rings. The summed E-state index contributed by atoms with van der Waals surface area (Å²) in [5, 5.41) is 7.07. The normalized spacial score (nSPS) is 19.8. The molecular weight excluding hydrogens is 244 g/mol. The molecule has 6 heteroatoms. The number of amides is 1. The minimum Gasteiger partial charge on any atom is -0.383 e. The zero-order valence-corrected chi connectivity index (χ0v) is 11.6. The number of nitrogens with one attached hydrogen (secondary N) is 1. The van der Waals surface area contributed by atoms with Gasteiger partial charge in [-0.05, 0) is 19.4 Å². The molecule has 2 rings (SSSR count). The number of likely N-dealkylation sites (tertiary alicyclic amines) is 1. The zero-order valence-electron chi connectivity index (χ0n) is 11.6. The highest BCUT2D eigenvalue weighted by Gasteiger charge is 2.28. The summed E-state index contributed by atoms with van der Waals surface area (Å²) in [5.41, 5.74) is 1.20. The molecule has 0 aromatic carbocycles. The maximum atomic E-state index is 11.8. The number of nitrogens with zero attached hydrogens (tertiary/aromatic N) is 3. The van der Waals surface area contributed by atoms with Crippen LogP contribution in [0.5, 0.6) is 0 Å². The van der Waals surface area contributed by atoms with Gasteiger partial charge in [0.15, 0.2) is 0 Å². The number of methoxy groups -OCH3 is 1. The van der Waals surface area contributed by atoms with Crippen LogP contribution in [0, 0.1) is 0 Å². The van der Waals surface area contributed by atoms with Crippen molar-refractivity contribution in [1.29, 1.82) is 0 Å². The maximum absolute atomic E-state index is 11.8. The van der Waals surface area contributed by atoms with Gasteiger partial charge in [-0.3, -0.25) is 14.4 Å². The Labute approximate surface area is 113 Å². The van der Waals surface area contributed by atoms with E-state index in [0.29, 0.717) is 25.7 Å². The molecule has 0 radical (unpaired) electrons. The number of aromatic nitrogens is 2. The second kappa shape index (κ2) is 6.68. The number of hydrogen-bond donors (Lipinski definition) is 1. The van der Waals surface area contributed by atoms with Gasteiger partial charge in [-0.1, -0.05) is 0 Å². The molecule has 1 aliphatic heterocycles. The number of carbonyl (C=O) groups excluding carboxylic acids is 1. The molecule has 1 aliphatic rings. The van der Waals surface area contributed by atoms with Gasteiger partial charge in [-0.2, -0.15) is 5.10 Å². The summed E-state index contributed by atoms with van der Waals surface area (Å²) in [5.74, 6) is 0.0628. The minimum atomic E-state index is 0.0628. The van der Waals surface area contributed by atoms with Gasteiger partial charge in [0.25, 0.3) is 0 Å². The van der Waals surface area contributed by atoms with Gasteiger partial charge in [-0.15, -0.1) is 0 Å². The van der Waals surface area contributed by atoms with Crippen molar-refractivity contribution in [1.82, 2.24) is 20.0 Å². The molecule has 1 saturated heterocycles. The first kappa shape index (κ1) is 14.0. The van der Waals surface area contributed by atoms with Crippen LogP contribution in [0.3, 0.4) is 0 Å². The van der Waals surface area contributed by atoms with Crippen LogP contribution < -0.4 is 5.32 Å². The lowest BCUT2D eigenvalue weighted by atomic mass is 10.1. The summed E-state index contributed by atoms with van der Waals surface area (Å²) in [7, 11) is 3.55. The molecule has 0 bridgehead atoms. The van der Waals surface area contributed by atoms with E-state index in [1.54, 1.807) is 7.11 Å². The summed E-state index contributed by atoms with van der Waals surface area (Å²) >= 11 is 0. The Morgan fingerprint density at radius 3 is 3.16 bits per heavy atom. The lowest BCUT2D eigenvalue weighted by Gasteiger charge is -2.22. The third-order valence-corrected chi connectivity index (χ3v) is 3.45. The van der Waals surface area contributed by atoms with E-state index in [9.17, 15) is 4.79 Å². The van der Waals surface area contributed by atoms with Crippen molar-refractivity contribution in [3.63, 3.8) is 0 Å². The molecule has 2 heterocycles. The summed E-state index contributed by atoms with van der Waals surface area (Å²) in [6, 6.07) is 0.321. The zero-order chi connectivity index (χ0) is 13.7.